The molecule has 0 radical (unpaired) electrons. The Hall–Kier alpha value is -2.60. The lowest BCUT2D eigenvalue weighted by Crippen LogP contribution is -2.43. The molecule has 0 spiro atoms. The molecule has 24 heavy (non-hydrogen) atoms. The number of fused-ring (bicyclic) bond motifs is 1. The molecule has 1 heterocycles. The summed E-state index contributed by atoms with van der Waals surface area (Å²) < 4.78 is 11.4. The lowest BCUT2D eigenvalue weighted by atomic mass is 9.76. The van der Waals surface area contributed by atoms with Gasteiger partial charge in [-0.3, -0.25) is 10.1 Å². The lowest BCUT2D eigenvalue weighted by molar-refractivity contribution is -0.384. The molecule has 1 atom stereocenters. The third kappa shape index (κ3) is 3.19. The van der Waals surface area contributed by atoms with Crippen molar-refractivity contribution in [2.24, 2.45) is 0 Å². The first-order chi connectivity index (χ1) is 11.2. The van der Waals surface area contributed by atoms with Gasteiger partial charge in [0.25, 0.3) is 5.69 Å². The zero-order valence-corrected chi connectivity index (χ0v) is 13.8. The molecule has 1 N–H and O–H groups in total. The van der Waals surface area contributed by atoms with Gasteiger partial charge in [-0.15, -0.1) is 0 Å². The maximum atomic E-state index is 10.7. The van der Waals surface area contributed by atoms with Crippen LogP contribution in [0.4, 0.5) is 5.69 Å². The van der Waals surface area contributed by atoms with Crippen molar-refractivity contribution >= 4 is 5.69 Å². The summed E-state index contributed by atoms with van der Waals surface area (Å²) in [4.78, 5) is 10.2. The highest BCUT2D eigenvalue weighted by atomic mass is 16.6. The quantitative estimate of drug-likeness (QED) is 0.675. The van der Waals surface area contributed by atoms with Gasteiger partial charge in [-0.1, -0.05) is 19.9 Å². The van der Waals surface area contributed by atoms with Crippen LogP contribution in [-0.2, 0) is 5.41 Å². The Kier molecular flexibility index (Phi) is 3.72. The summed E-state index contributed by atoms with van der Waals surface area (Å²) in [6.07, 6.45) is 0.496. The van der Waals surface area contributed by atoms with Crippen molar-refractivity contribution in [2.45, 2.75) is 38.4 Å². The highest BCUT2D eigenvalue weighted by molar-refractivity contribution is 5.48. The fourth-order valence-corrected chi connectivity index (χ4v) is 3.17. The Labute approximate surface area is 139 Å². The van der Waals surface area contributed by atoms with E-state index in [9.17, 15) is 15.2 Å². The van der Waals surface area contributed by atoms with Crippen molar-refractivity contribution in [3.8, 4) is 17.2 Å². The number of ether oxygens (including phenoxy) is 2. The van der Waals surface area contributed by atoms with Crippen LogP contribution in [0, 0.1) is 10.1 Å². The molecular weight excluding hydrogens is 310 g/mol. The molecule has 2 aromatic carbocycles. The molecule has 0 saturated carbocycles. The maximum Gasteiger partial charge on any atom is 0.269 e. The summed E-state index contributed by atoms with van der Waals surface area (Å²) in [7, 11) is 0. The highest BCUT2D eigenvalue weighted by Gasteiger charge is 2.40. The predicted molar refractivity (Wildman–Crippen MR) is 88.5 cm³/mol. The lowest BCUT2D eigenvalue weighted by Gasteiger charge is -2.41. The third-order valence-corrected chi connectivity index (χ3v) is 4.07. The zero-order valence-electron chi connectivity index (χ0n) is 13.8. The number of hydrogen-bond donors (Lipinski definition) is 1. The van der Waals surface area contributed by atoms with Gasteiger partial charge in [0, 0.05) is 37.1 Å². The Morgan fingerprint density at radius 3 is 2.38 bits per heavy atom. The molecule has 1 aliphatic heterocycles. The van der Waals surface area contributed by atoms with E-state index in [-0.39, 0.29) is 11.1 Å². The van der Waals surface area contributed by atoms with Gasteiger partial charge in [-0.25, -0.2) is 0 Å². The molecule has 0 aromatic heterocycles. The molecule has 3 rings (SSSR count). The van der Waals surface area contributed by atoms with Crippen molar-refractivity contribution in [2.75, 3.05) is 0 Å². The Bertz CT molecular complexity index is 780. The van der Waals surface area contributed by atoms with Crippen LogP contribution in [0.5, 0.6) is 17.2 Å². The highest BCUT2D eigenvalue weighted by Crippen LogP contribution is 2.45. The summed E-state index contributed by atoms with van der Waals surface area (Å²) >= 11 is 0. The van der Waals surface area contributed by atoms with E-state index in [1.54, 1.807) is 25.1 Å². The normalized spacial score (nSPS) is 21.5. The minimum atomic E-state index is -1.23. The van der Waals surface area contributed by atoms with Crippen molar-refractivity contribution in [1.82, 2.24) is 0 Å². The molecule has 0 aliphatic carbocycles. The number of non-ortho nitro benzene ring substituents is 1. The van der Waals surface area contributed by atoms with E-state index < -0.39 is 10.7 Å². The van der Waals surface area contributed by atoms with E-state index in [1.165, 1.54) is 12.1 Å². The van der Waals surface area contributed by atoms with Crippen LogP contribution in [0.2, 0.25) is 0 Å². The molecular formula is C18H19NO5. The summed E-state index contributed by atoms with van der Waals surface area (Å²) in [6.45, 7) is 5.75. The molecule has 6 nitrogen and oxygen atoms in total. The second-order valence-electron chi connectivity index (χ2n) is 6.85. The second-order valence-corrected chi connectivity index (χ2v) is 6.85. The SMILES string of the molecule is CC1(O)CC(C)(C)c2ccc(Oc3ccc([N+](=O)[O-])cc3)cc2O1. The fourth-order valence-electron chi connectivity index (χ4n) is 3.17. The van der Waals surface area contributed by atoms with Crippen molar-refractivity contribution in [3.05, 3.63) is 58.1 Å². The zero-order chi connectivity index (χ0) is 17.5. The Morgan fingerprint density at radius 1 is 1.12 bits per heavy atom. The van der Waals surface area contributed by atoms with Crippen molar-refractivity contribution in [1.29, 1.82) is 0 Å². The molecule has 126 valence electrons. The number of hydrogen-bond acceptors (Lipinski definition) is 5. The standard InChI is InChI=1S/C18H19NO5/c1-17(2)11-18(3,20)24-16-10-14(8-9-15(16)17)23-13-6-4-12(5-7-13)19(21)22/h4-10,20H,11H2,1-3H3. The minimum absolute atomic E-state index is 0.00826. The maximum absolute atomic E-state index is 10.7. The van der Waals surface area contributed by atoms with Crippen molar-refractivity contribution in [3.63, 3.8) is 0 Å². The van der Waals surface area contributed by atoms with E-state index in [4.69, 9.17) is 9.47 Å². The van der Waals surface area contributed by atoms with Crippen LogP contribution in [0.1, 0.15) is 32.8 Å². The molecule has 0 bridgehead atoms. The molecule has 2 aromatic rings. The third-order valence-electron chi connectivity index (χ3n) is 4.07. The number of rotatable bonds is 3. The Balaban J connectivity index is 1.87. The molecule has 1 unspecified atom stereocenters. The number of nitro benzene ring substituents is 1. The number of benzene rings is 2. The van der Waals surface area contributed by atoms with Gasteiger partial charge in [0.05, 0.1) is 4.92 Å². The molecule has 6 heteroatoms. The van der Waals surface area contributed by atoms with Crippen LogP contribution in [0.3, 0.4) is 0 Å². The molecule has 0 amide bonds. The second kappa shape index (κ2) is 5.49. The first-order valence-corrected chi connectivity index (χ1v) is 7.65. The smallest absolute Gasteiger partial charge is 0.269 e. The Morgan fingerprint density at radius 2 is 1.75 bits per heavy atom. The van der Waals surface area contributed by atoms with Gasteiger partial charge in [0.2, 0.25) is 5.79 Å². The van der Waals surface area contributed by atoms with E-state index in [1.807, 2.05) is 12.1 Å². The molecule has 1 aliphatic rings. The first-order valence-electron chi connectivity index (χ1n) is 7.65. The van der Waals surface area contributed by atoms with E-state index in [0.717, 1.165) is 5.56 Å². The fraction of sp³-hybridized carbons (Fsp3) is 0.333. The largest absolute Gasteiger partial charge is 0.462 e. The van der Waals surface area contributed by atoms with Gasteiger partial charge in [0.15, 0.2) is 0 Å². The molecule has 0 fully saturated rings. The summed E-state index contributed by atoms with van der Waals surface area (Å²) in [6, 6.07) is 11.3. The van der Waals surface area contributed by atoms with Crippen LogP contribution < -0.4 is 9.47 Å². The predicted octanol–water partition coefficient (Wildman–Crippen LogP) is 4.16. The van der Waals surface area contributed by atoms with Gasteiger partial charge in [-0.2, -0.15) is 0 Å². The van der Waals surface area contributed by atoms with Crippen LogP contribution in [-0.4, -0.2) is 15.8 Å². The summed E-state index contributed by atoms with van der Waals surface area (Å²) in [5.74, 6) is 0.372. The molecule has 0 saturated heterocycles. The van der Waals surface area contributed by atoms with E-state index in [0.29, 0.717) is 23.7 Å². The average molecular weight is 329 g/mol. The van der Waals surface area contributed by atoms with E-state index >= 15 is 0 Å². The first kappa shape index (κ1) is 16.3. The average Bonchev–Trinajstić information content (AvgIpc) is 2.45. The van der Waals surface area contributed by atoms with Crippen LogP contribution >= 0.6 is 0 Å². The topological polar surface area (TPSA) is 81.8 Å². The number of nitro groups is 1. The summed E-state index contributed by atoms with van der Waals surface area (Å²) in [5, 5.41) is 21.0. The van der Waals surface area contributed by atoms with Crippen LogP contribution in [0.15, 0.2) is 42.5 Å². The van der Waals surface area contributed by atoms with Crippen molar-refractivity contribution < 1.29 is 19.5 Å². The minimum Gasteiger partial charge on any atom is -0.462 e. The summed E-state index contributed by atoms with van der Waals surface area (Å²) in [5.41, 5.74) is 0.794. The van der Waals surface area contributed by atoms with Gasteiger partial charge >= 0.3 is 0 Å². The number of nitrogens with zero attached hydrogens (tertiary/aromatic N) is 1. The number of aliphatic hydroxyl groups is 1. The van der Waals surface area contributed by atoms with E-state index in [2.05, 4.69) is 13.8 Å². The monoisotopic (exact) mass is 329 g/mol. The van der Waals surface area contributed by atoms with Crippen LogP contribution in [0.25, 0.3) is 0 Å². The van der Waals surface area contributed by atoms with Gasteiger partial charge in [0.1, 0.15) is 17.2 Å². The van der Waals surface area contributed by atoms with Gasteiger partial charge in [-0.05, 0) is 23.6 Å². The van der Waals surface area contributed by atoms with Gasteiger partial charge < -0.3 is 14.6 Å².